The number of carbonyl (C=O) groups excluding carboxylic acids is 5. The molecule has 1 N–H and O–H groups in total. The van der Waals surface area contributed by atoms with Crippen LogP contribution in [0.2, 0.25) is 0 Å². The molecule has 1 saturated heterocycles. The van der Waals surface area contributed by atoms with E-state index in [4.69, 9.17) is 23.7 Å². The SMILES string of the molecule is CO[C@H](C(=O)N1C(=O)OC(C)(C)[C@@H]1C(C)C)[C@H](OC(C)=O)C(=O)C=CC(=O)CCCOC[C@@H](CO)OCc1ccccc1. The summed E-state index contributed by atoms with van der Waals surface area (Å²) in [4.78, 5) is 64.2. The van der Waals surface area contributed by atoms with E-state index in [9.17, 15) is 29.1 Å². The van der Waals surface area contributed by atoms with Gasteiger partial charge in [-0.05, 0) is 43.9 Å². The summed E-state index contributed by atoms with van der Waals surface area (Å²) in [6.07, 6.45) is -2.48. The Morgan fingerprint density at radius 3 is 2.35 bits per heavy atom. The van der Waals surface area contributed by atoms with Crippen LogP contribution in [0.5, 0.6) is 0 Å². The highest BCUT2D eigenvalue weighted by Gasteiger charge is 2.54. The Hall–Kier alpha value is -3.45. The first kappa shape index (κ1) is 35.7. The maximum atomic E-state index is 13.5. The quantitative estimate of drug-likeness (QED) is 0.149. The highest BCUT2D eigenvalue weighted by molar-refractivity contribution is 6.05. The molecule has 1 aromatic rings. The van der Waals surface area contributed by atoms with E-state index < -0.39 is 59.5 Å². The molecule has 12 nitrogen and oxygen atoms in total. The van der Waals surface area contributed by atoms with Gasteiger partial charge in [0.2, 0.25) is 0 Å². The number of ketones is 2. The Kier molecular flexibility index (Phi) is 14.1. The van der Waals surface area contributed by atoms with Gasteiger partial charge in [-0.2, -0.15) is 0 Å². The lowest BCUT2D eigenvalue weighted by Crippen LogP contribution is -2.55. The van der Waals surface area contributed by atoms with Gasteiger partial charge >= 0.3 is 12.1 Å². The maximum absolute atomic E-state index is 13.5. The van der Waals surface area contributed by atoms with Crippen molar-refractivity contribution in [1.29, 1.82) is 0 Å². The van der Waals surface area contributed by atoms with E-state index in [0.717, 1.165) is 36.6 Å². The van der Waals surface area contributed by atoms with Gasteiger partial charge in [-0.1, -0.05) is 44.2 Å². The zero-order chi connectivity index (χ0) is 32.2. The number of hydrogen-bond acceptors (Lipinski definition) is 11. The molecule has 0 spiro atoms. The lowest BCUT2D eigenvalue weighted by atomic mass is 9.88. The Balaban J connectivity index is 1.93. The smallest absolute Gasteiger partial charge is 0.417 e. The van der Waals surface area contributed by atoms with E-state index in [0.29, 0.717) is 13.0 Å². The molecule has 238 valence electrons. The minimum absolute atomic E-state index is 0.0497. The lowest BCUT2D eigenvalue weighted by Gasteiger charge is -2.33. The van der Waals surface area contributed by atoms with Crippen LogP contribution >= 0.6 is 0 Å². The van der Waals surface area contributed by atoms with Crippen LogP contribution in [0.15, 0.2) is 42.5 Å². The number of hydrogen-bond donors (Lipinski definition) is 1. The van der Waals surface area contributed by atoms with Gasteiger partial charge in [0.25, 0.3) is 5.91 Å². The van der Waals surface area contributed by atoms with Crippen molar-refractivity contribution in [2.75, 3.05) is 26.9 Å². The molecular formula is C31H43NO11. The van der Waals surface area contributed by atoms with E-state index in [1.165, 1.54) is 0 Å². The second-order valence-corrected chi connectivity index (χ2v) is 11.0. The third kappa shape index (κ3) is 10.6. The molecule has 0 unspecified atom stereocenters. The fraction of sp³-hybridized carbons (Fsp3) is 0.581. The third-order valence-electron chi connectivity index (χ3n) is 6.73. The van der Waals surface area contributed by atoms with Crippen LogP contribution in [0, 0.1) is 5.92 Å². The highest BCUT2D eigenvalue weighted by Crippen LogP contribution is 2.35. The molecule has 2 amide bonds. The number of imide groups is 1. The molecule has 12 heteroatoms. The number of allylic oxidation sites excluding steroid dienone is 1. The van der Waals surface area contributed by atoms with Crippen molar-refractivity contribution in [3.63, 3.8) is 0 Å². The number of ether oxygens (including phenoxy) is 5. The topological polar surface area (TPSA) is 155 Å². The molecule has 4 atom stereocenters. The predicted molar refractivity (Wildman–Crippen MR) is 154 cm³/mol. The minimum atomic E-state index is -1.74. The molecular weight excluding hydrogens is 562 g/mol. The van der Waals surface area contributed by atoms with E-state index in [2.05, 4.69) is 0 Å². The predicted octanol–water partition coefficient (Wildman–Crippen LogP) is 2.78. The number of aliphatic hydroxyl groups is 1. The number of rotatable bonds is 18. The molecule has 2 rings (SSSR count). The summed E-state index contributed by atoms with van der Waals surface area (Å²) >= 11 is 0. The maximum Gasteiger partial charge on any atom is 0.417 e. The van der Waals surface area contributed by atoms with Crippen molar-refractivity contribution < 1.29 is 52.8 Å². The van der Waals surface area contributed by atoms with Crippen molar-refractivity contribution in [1.82, 2.24) is 4.90 Å². The molecule has 0 radical (unpaired) electrons. The van der Waals surface area contributed by atoms with Gasteiger partial charge in [-0.15, -0.1) is 0 Å². The van der Waals surface area contributed by atoms with Crippen molar-refractivity contribution in [2.45, 2.75) is 84.0 Å². The van der Waals surface area contributed by atoms with Crippen molar-refractivity contribution >= 4 is 29.5 Å². The van der Waals surface area contributed by atoms with Gasteiger partial charge < -0.3 is 28.8 Å². The summed E-state index contributed by atoms with van der Waals surface area (Å²) in [5.74, 6) is -3.22. The van der Waals surface area contributed by atoms with Crippen molar-refractivity contribution in [3.05, 3.63) is 48.0 Å². The van der Waals surface area contributed by atoms with Gasteiger partial charge in [-0.25, -0.2) is 9.69 Å². The monoisotopic (exact) mass is 605 g/mol. The fourth-order valence-electron chi connectivity index (χ4n) is 4.88. The summed E-state index contributed by atoms with van der Waals surface area (Å²) in [6.45, 7) is 8.49. The fourth-order valence-corrected chi connectivity index (χ4v) is 4.88. The largest absolute Gasteiger partial charge is 0.451 e. The lowest BCUT2D eigenvalue weighted by molar-refractivity contribution is -0.166. The first-order chi connectivity index (χ1) is 20.3. The average Bonchev–Trinajstić information content (AvgIpc) is 3.21. The van der Waals surface area contributed by atoms with Crippen LogP contribution in [-0.2, 0) is 49.5 Å². The molecule has 1 heterocycles. The number of carbonyl (C=O) groups is 5. The minimum Gasteiger partial charge on any atom is -0.451 e. The van der Waals surface area contributed by atoms with Crippen molar-refractivity contribution in [2.24, 2.45) is 5.92 Å². The molecule has 43 heavy (non-hydrogen) atoms. The van der Waals surface area contributed by atoms with E-state index in [1.54, 1.807) is 13.8 Å². The van der Waals surface area contributed by atoms with Gasteiger partial charge in [0, 0.05) is 27.1 Å². The summed E-state index contributed by atoms with van der Waals surface area (Å²) in [7, 11) is 1.15. The molecule has 0 saturated carbocycles. The normalized spacial score (nSPS) is 18.4. The zero-order valence-electron chi connectivity index (χ0n) is 25.6. The first-order valence-electron chi connectivity index (χ1n) is 14.2. The number of esters is 1. The highest BCUT2D eigenvalue weighted by atomic mass is 16.6. The second-order valence-electron chi connectivity index (χ2n) is 11.0. The standard InChI is InChI=1S/C31H43NO11/c1-20(2)28-31(4,5)43-30(38)32(28)29(37)27(39-6)26(42-21(3)34)25(36)15-14-23(35)13-10-16-40-19-24(17-33)41-18-22-11-8-7-9-12-22/h7-9,11-12,14-15,20,24,26-28,33H,10,13,16-19H2,1-6H3/t24-,26-,27+,28+/m1/s1. The van der Waals surface area contributed by atoms with Crippen LogP contribution in [0.4, 0.5) is 4.79 Å². The van der Waals surface area contributed by atoms with Gasteiger partial charge in [0.1, 0.15) is 11.7 Å². The molecule has 1 aliphatic heterocycles. The summed E-state index contributed by atoms with van der Waals surface area (Å²) in [6, 6.07) is 8.83. The number of cyclic esters (lactones) is 1. The average molecular weight is 606 g/mol. The van der Waals surface area contributed by atoms with Crippen LogP contribution in [0.3, 0.4) is 0 Å². The van der Waals surface area contributed by atoms with Gasteiger partial charge in [0.05, 0.1) is 25.9 Å². The second kappa shape index (κ2) is 17.0. The zero-order valence-corrected chi connectivity index (χ0v) is 25.6. The first-order valence-corrected chi connectivity index (χ1v) is 14.2. The number of methoxy groups -OCH3 is 1. The van der Waals surface area contributed by atoms with E-state index in [1.807, 2.05) is 44.2 Å². The molecule has 1 aromatic carbocycles. The van der Waals surface area contributed by atoms with Crippen molar-refractivity contribution in [3.8, 4) is 0 Å². The number of benzene rings is 1. The third-order valence-corrected chi connectivity index (χ3v) is 6.73. The molecule has 1 aliphatic rings. The Labute approximate surface area is 252 Å². The summed E-state index contributed by atoms with van der Waals surface area (Å²) in [5.41, 5.74) is -0.0306. The Morgan fingerprint density at radius 2 is 1.77 bits per heavy atom. The number of nitrogens with zero attached hydrogens (tertiary/aromatic N) is 1. The Morgan fingerprint density at radius 1 is 1.09 bits per heavy atom. The van der Waals surface area contributed by atoms with Crippen LogP contribution < -0.4 is 0 Å². The van der Waals surface area contributed by atoms with Crippen LogP contribution in [0.1, 0.15) is 53.0 Å². The summed E-state index contributed by atoms with van der Waals surface area (Å²) in [5, 5.41) is 9.51. The van der Waals surface area contributed by atoms with Gasteiger partial charge in [0.15, 0.2) is 23.8 Å². The van der Waals surface area contributed by atoms with Gasteiger partial charge in [-0.3, -0.25) is 19.2 Å². The molecule has 0 aromatic heterocycles. The summed E-state index contributed by atoms with van der Waals surface area (Å²) < 4.78 is 26.9. The Bertz CT molecular complexity index is 1130. The molecule has 0 aliphatic carbocycles. The molecule has 0 bridgehead atoms. The number of amides is 2. The molecule has 1 fully saturated rings. The van der Waals surface area contributed by atoms with E-state index >= 15 is 0 Å². The van der Waals surface area contributed by atoms with E-state index in [-0.39, 0.29) is 32.2 Å². The van der Waals surface area contributed by atoms with Crippen LogP contribution in [0.25, 0.3) is 0 Å². The van der Waals surface area contributed by atoms with Crippen LogP contribution in [-0.4, -0.2) is 96.4 Å². The number of aliphatic hydroxyl groups excluding tert-OH is 1.